The monoisotopic (exact) mass is 230 g/mol. The van der Waals surface area contributed by atoms with Gasteiger partial charge in [-0.05, 0) is 24.8 Å². The van der Waals surface area contributed by atoms with Gasteiger partial charge in [-0.1, -0.05) is 37.6 Å². The minimum atomic E-state index is -0.378. The fourth-order valence-electron chi connectivity index (χ4n) is 2.43. The van der Waals surface area contributed by atoms with E-state index in [1.165, 1.54) is 0 Å². The summed E-state index contributed by atoms with van der Waals surface area (Å²) in [5, 5.41) is 0. The Labute approximate surface area is 102 Å². The van der Waals surface area contributed by atoms with E-state index in [1.807, 2.05) is 24.3 Å². The summed E-state index contributed by atoms with van der Waals surface area (Å²) in [6.07, 6.45) is 3.99. The number of hydrogen-bond donors (Lipinski definition) is 0. The van der Waals surface area contributed by atoms with Gasteiger partial charge in [0.1, 0.15) is 5.78 Å². The van der Waals surface area contributed by atoms with Crippen molar-refractivity contribution in [2.45, 2.75) is 39.0 Å². The third-order valence-electron chi connectivity index (χ3n) is 3.47. The summed E-state index contributed by atoms with van der Waals surface area (Å²) >= 11 is 0. The first-order chi connectivity index (χ1) is 8.24. The molecule has 0 aromatic heterocycles. The van der Waals surface area contributed by atoms with Crippen molar-refractivity contribution >= 4 is 11.6 Å². The van der Waals surface area contributed by atoms with Crippen LogP contribution in [-0.4, -0.2) is 11.6 Å². The zero-order valence-electron chi connectivity index (χ0n) is 10.2. The van der Waals surface area contributed by atoms with Crippen LogP contribution in [0.15, 0.2) is 24.3 Å². The number of rotatable bonds is 4. The Balaban J connectivity index is 2.14. The van der Waals surface area contributed by atoms with Gasteiger partial charge in [0.25, 0.3) is 0 Å². The van der Waals surface area contributed by atoms with E-state index in [0.717, 1.165) is 30.4 Å². The van der Waals surface area contributed by atoms with Crippen LogP contribution in [0.3, 0.4) is 0 Å². The van der Waals surface area contributed by atoms with Crippen molar-refractivity contribution < 1.29 is 9.59 Å². The number of aryl methyl sites for hydroxylation is 1. The highest BCUT2D eigenvalue weighted by Gasteiger charge is 2.31. The number of benzene rings is 1. The highest BCUT2D eigenvalue weighted by Crippen LogP contribution is 2.27. The Morgan fingerprint density at radius 3 is 2.88 bits per heavy atom. The smallest absolute Gasteiger partial charge is 0.173 e. The number of Topliss-reactive ketones (excluding diaryl/α,β-unsaturated/α-hetero) is 2. The zero-order valence-corrected chi connectivity index (χ0v) is 10.2. The van der Waals surface area contributed by atoms with E-state index in [0.29, 0.717) is 12.8 Å². The number of unbranched alkanes of at least 4 members (excludes halogenated alkanes) is 1. The van der Waals surface area contributed by atoms with E-state index in [9.17, 15) is 9.59 Å². The van der Waals surface area contributed by atoms with Crippen molar-refractivity contribution in [3.8, 4) is 0 Å². The maximum Gasteiger partial charge on any atom is 0.173 e. The first-order valence-corrected chi connectivity index (χ1v) is 6.39. The summed E-state index contributed by atoms with van der Waals surface area (Å²) in [5.74, 6) is -0.212. The topological polar surface area (TPSA) is 34.1 Å². The quantitative estimate of drug-likeness (QED) is 0.744. The third kappa shape index (κ3) is 2.46. The van der Waals surface area contributed by atoms with Gasteiger partial charge in [-0.15, -0.1) is 0 Å². The van der Waals surface area contributed by atoms with Crippen LogP contribution < -0.4 is 0 Å². The highest BCUT2D eigenvalue weighted by molar-refractivity contribution is 6.12. The molecule has 1 aliphatic carbocycles. The molecule has 1 aromatic rings. The molecule has 2 rings (SSSR count). The molecule has 1 atom stereocenters. The van der Waals surface area contributed by atoms with Crippen LogP contribution in [0.2, 0.25) is 0 Å². The van der Waals surface area contributed by atoms with Crippen molar-refractivity contribution in [3.63, 3.8) is 0 Å². The van der Waals surface area contributed by atoms with Crippen LogP contribution in [-0.2, 0) is 11.2 Å². The Morgan fingerprint density at radius 1 is 1.35 bits per heavy atom. The van der Waals surface area contributed by atoms with Gasteiger partial charge in [0.2, 0.25) is 0 Å². The molecule has 0 saturated carbocycles. The fraction of sp³-hybridized carbons (Fsp3) is 0.467. The lowest BCUT2D eigenvalue weighted by Crippen LogP contribution is -2.29. The molecule has 2 nitrogen and oxygen atoms in total. The Bertz CT molecular complexity index is 434. The summed E-state index contributed by atoms with van der Waals surface area (Å²) in [6.45, 7) is 2.06. The molecule has 0 fully saturated rings. The molecular weight excluding hydrogens is 212 g/mol. The van der Waals surface area contributed by atoms with Crippen LogP contribution in [0.1, 0.15) is 48.5 Å². The number of carbonyl (C=O) groups is 2. The zero-order chi connectivity index (χ0) is 12.3. The van der Waals surface area contributed by atoms with Gasteiger partial charge >= 0.3 is 0 Å². The molecule has 0 radical (unpaired) electrons. The van der Waals surface area contributed by atoms with E-state index in [4.69, 9.17) is 0 Å². The average Bonchev–Trinajstić information content (AvgIpc) is 2.37. The first kappa shape index (κ1) is 12.0. The Kier molecular flexibility index (Phi) is 3.72. The molecular formula is C15H18O2. The van der Waals surface area contributed by atoms with Crippen molar-refractivity contribution in [2.24, 2.45) is 5.92 Å². The third-order valence-corrected chi connectivity index (χ3v) is 3.47. The molecule has 1 aliphatic rings. The van der Waals surface area contributed by atoms with E-state index in [-0.39, 0.29) is 17.5 Å². The SMILES string of the molecule is CCCCC(=O)C1CCc2ccccc2C1=O. The largest absolute Gasteiger partial charge is 0.299 e. The summed E-state index contributed by atoms with van der Waals surface area (Å²) in [7, 11) is 0. The molecule has 0 amide bonds. The van der Waals surface area contributed by atoms with Crippen LogP contribution in [0.5, 0.6) is 0 Å². The predicted octanol–water partition coefficient (Wildman–Crippen LogP) is 3.19. The molecule has 2 heteroatoms. The second kappa shape index (κ2) is 5.26. The van der Waals surface area contributed by atoms with E-state index >= 15 is 0 Å². The summed E-state index contributed by atoms with van der Waals surface area (Å²) < 4.78 is 0. The molecule has 0 bridgehead atoms. The fourth-order valence-corrected chi connectivity index (χ4v) is 2.43. The maximum atomic E-state index is 12.2. The van der Waals surface area contributed by atoms with Crippen molar-refractivity contribution in [1.82, 2.24) is 0 Å². The van der Waals surface area contributed by atoms with Crippen LogP contribution in [0, 0.1) is 5.92 Å². The number of fused-ring (bicyclic) bond motifs is 1. The van der Waals surface area contributed by atoms with Gasteiger partial charge in [-0.2, -0.15) is 0 Å². The van der Waals surface area contributed by atoms with E-state index < -0.39 is 0 Å². The molecule has 0 spiro atoms. The normalized spacial score (nSPS) is 18.9. The van der Waals surface area contributed by atoms with Crippen molar-refractivity contribution in [2.75, 3.05) is 0 Å². The van der Waals surface area contributed by atoms with Gasteiger partial charge in [0.15, 0.2) is 5.78 Å². The lowest BCUT2D eigenvalue weighted by molar-refractivity contribution is -0.121. The average molecular weight is 230 g/mol. The van der Waals surface area contributed by atoms with Gasteiger partial charge in [-0.25, -0.2) is 0 Å². The molecule has 1 aromatic carbocycles. The van der Waals surface area contributed by atoms with Gasteiger partial charge in [0, 0.05) is 12.0 Å². The number of carbonyl (C=O) groups excluding carboxylic acids is 2. The summed E-state index contributed by atoms with van der Waals surface area (Å²) in [4.78, 5) is 24.2. The second-order valence-electron chi connectivity index (χ2n) is 4.68. The molecule has 90 valence electrons. The first-order valence-electron chi connectivity index (χ1n) is 6.39. The molecule has 0 saturated heterocycles. The number of ketones is 2. The standard InChI is InChI=1S/C15H18O2/c1-2-3-8-14(16)13-10-9-11-6-4-5-7-12(11)15(13)17/h4-7,13H,2-3,8-10H2,1H3. The van der Waals surface area contributed by atoms with Crippen LogP contribution in [0.25, 0.3) is 0 Å². The van der Waals surface area contributed by atoms with Crippen molar-refractivity contribution in [3.05, 3.63) is 35.4 Å². The minimum absolute atomic E-state index is 0.0351. The lowest BCUT2D eigenvalue weighted by atomic mass is 9.79. The Hall–Kier alpha value is -1.44. The maximum absolute atomic E-state index is 12.2. The second-order valence-corrected chi connectivity index (χ2v) is 4.68. The van der Waals surface area contributed by atoms with E-state index in [2.05, 4.69) is 6.92 Å². The van der Waals surface area contributed by atoms with Gasteiger partial charge in [-0.3, -0.25) is 9.59 Å². The molecule has 1 unspecified atom stereocenters. The molecule has 0 aliphatic heterocycles. The van der Waals surface area contributed by atoms with Crippen LogP contribution >= 0.6 is 0 Å². The Morgan fingerprint density at radius 2 is 2.12 bits per heavy atom. The predicted molar refractivity (Wildman–Crippen MR) is 67.1 cm³/mol. The van der Waals surface area contributed by atoms with Crippen LogP contribution in [0.4, 0.5) is 0 Å². The van der Waals surface area contributed by atoms with Gasteiger partial charge < -0.3 is 0 Å². The summed E-state index contributed by atoms with van der Waals surface area (Å²) in [6, 6.07) is 7.65. The minimum Gasteiger partial charge on any atom is -0.299 e. The number of hydrogen-bond acceptors (Lipinski definition) is 2. The van der Waals surface area contributed by atoms with E-state index in [1.54, 1.807) is 0 Å². The lowest BCUT2D eigenvalue weighted by Gasteiger charge is -2.22. The summed E-state index contributed by atoms with van der Waals surface area (Å²) in [5.41, 5.74) is 1.85. The van der Waals surface area contributed by atoms with Crippen molar-refractivity contribution in [1.29, 1.82) is 0 Å². The highest BCUT2D eigenvalue weighted by atomic mass is 16.1. The van der Waals surface area contributed by atoms with Gasteiger partial charge in [0.05, 0.1) is 5.92 Å². The molecule has 0 heterocycles. The molecule has 17 heavy (non-hydrogen) atoms. The molecule has 0 N–H and O–H groups in total.